The molecule has 1 nitrogen and oxygen atoms in total. The Morgan fingerprint density at radius 1 is 1.38 bits per heavy atom. The Hall–Kier alpha value is 0.690. The predicted octanol–water partition coefficient (Wildman–Crippen LogP) is 1.79. The van der Waals surface area contributed by atoms with E-state index in [4.69, 9.17) is 5.11 Å². The molecule has 2 heteroatoms. The first kappa shape index (κ1) is 8.69. The first-order valence-corrected chi connectivity index (χ1v) is 4.43. The van der Waals surface area contributed by atoms with Crippen LogP contribution < -0.4 is 0 Å². The fourth-order valence-corrected chi connectivity index (χ4v) is 0.898. The highest BCUT2D eigenvalue weighted by Crippen LogP contribution is 1.99. The predicted molar refractivity (Wildman–Crippen MR) is 44.1 cm³/mol. The molecule has 0 heterocycles. The fraction of sp³-hybridized carbons (Fsp3) is 0.833. The van der Waals surface area contributed by atoms with Crippen LogP contribution in [0.2, 0.25) is 0 Å². The summed E-state index contributed by atoms with van der Waals surface area (Å²) in [5.74, 6) is 0. The molecular formula is C6H12IO. The van der Waals surface area contributed by atoms with Gasteiger partial charge in [-0.2, -0.15) is 0 Å². The van der Waals surface area contributed by atoms with Crippen LogP contribution in [0.3, 0.4) is 0 Å². The van der Waals surface area contributed by atoms with Crippen LogP contribution in [0.15, 0.2) is 0 Å². The van der Waals surface area contributed by atoms with Gasteiger partial charge >= 0.3 is 0 Å². The standard InChI is InChI=1S/C6H12IO/c7-5-3-1-2-4-6-8/h1,8H,2-6H2. The van der Waals surface area contributed by atoms with Crippen LogP contribution in [0.5, 0.6) is 0 Å². The third-order valence-electron chi connectivity index (χ3n) is 0.880. The Labute approximate surface area is 64.6 Å². The van der Waals surface area contributed by atoms with E-state index in [1.807, 2.05) is 0 Å². The van der Waals surface area contributed by atoms with Crippen molar-refractivity contribution in [1.29, 1.82) is 0 Å². The van der Waals surface area contributed by atoms with Gasteiger partial charge in [0.05, 0.1) is 0 Å². The van der Waals surface area contributed by atoms with Gasteiger partial charge in [0, 0.05) is 6.61 Å². The number of aliphatic hydroxyl groups is 1. The highest BCUT2D eigenvalue weighted by molar-refractivity contribution is 14.1. The van der Waals surface area contributed by atoms with E-state index in [9.17, 15) is 0 Å². The van der Waals surface area contributed by atoms with Crippen LogP contribution >= 0.6 is 22.6 Å². The third kappa shape index (κ3) is 6.69. The molecular weight excluding hydrogens is 215 g/mol. The summed E-state index contributed by atoms with van der Waals surface area (Å²) >= 11 is 2.35. The molecule has 0 aliphatic carbocycles. The van der Waals surface area contributed by atoms with Crippen LogP contribution in [0.1, 0.15) is 19.3 Å². The maximum absolute atomic E-state index is 8.34. The topological polar surface area (TPSA) is 20.2 Å². The molecule has 0 spiro atoms. The first-order chi connectivity index (χ1) is 3.91. The first-order valence-electron chi connectivity index (χ1n) is 2.90. The average molecular weight is 227 g/mol. The van der Waals surface area contributed by atoms with Crippen LogP contribution in [0.4, 0.5) is 0 Å². The largest absolute Gasteiger partial charge is 0.396 e. The highest BCUT2D eigenvalue weighted by atomic mass is 127. The number of unbranched alkanes of at least 4 members (excludes halogenated alkanes) is 3. The molecule has 0 aromatic carbocycles. The summed E-state index contributed by atoms with van der Waals surface area (Å²) in [4.78, 5) is 0. The Kier molecular flexibility index (Phi) is 8.35. The molecule has 0 bridgehead atoms. The molecule has 0 atom stereocenters. The second-order valence-corrected chi connectivity index (χ2v) is 2.71. The molecule has 0 unspecified atom stereocenters. The van der Waals surface area contributed by atoms with Gasteiger partial charge in [0.25, 0.3) is 0 Å². The summed E-state index contributed by atoms with van der Waals surface area (Å²) in [6, 6.07) is 0. The average Bonchev–Trinajstić information content (AvgIpc) is 1.81. The van der Waals surface area contributed by atoms with Crippen LogP contribution in [-0.2, 0) is 0 Å². The number of alkyl halides is 1. The summed E-state index contributed by atoms with van der Waals surface area (Å²) in [5.41, 5.74) is 0. The van der Waals surface area contributed by atoms with Crippen LogP contribution in [0, 0.1) is 6.42 Å². The van der Waals surface area contributed by atoms with Crippen LogP contribution in [-0.4, -0.2) is 16.1 Å². The van der Waals surface area contributed by atoms with E-state index in [1.165, 1.54) is 10.8 Å². The fourth-order valence-electron chi connectivity index (χ4n) is 0.457. The van der Waals surface area contributed by atoms with E-state index in [-0.39, 0.29) is 0 Å². The van der Waals surface area contributed by atoms with E-state index in [0.29, 0.717) is 6.61 Å². The summed E-state index contributed by atoms with van der Waals surface area (Å²) in [7, 11) is 0. The lowest BCUT2D eigenvalue weighted by Gasteiger charge is -1.92. The van der Waals surface area contributed by atoms with Gasteiger partial charge < -0.3 is 5.11 Å². The van der Waals surface area contributed by atoms with Gasteiger partial charge in [-0.3, -0.25) is 0 Å². The molecule has 0 aliphatic heterocycles. The number of halogens is 1. The lowest BCUT2D eigenvalue weighted by Crippen LogP contribution is -1.83. The summed E-state index contributed by atoms with van der Waals surface area (Å²) < 4.78 is 1.20. The molecule has 1 radical (unpaired) electrons. The zero-order chi connectivity index (χ0) is 6.24. The summed E-state index contributed by atoms with van der Waals surface area (Å²) in [6.07, 6.45) is 5.40. The highest BCUT2D eigenvalue weighted by Gasteiger charge is 1.85. The molecule has 0 saturated heterocycles. The van der Waals surface area contributed by atoms with Crippen molar-refractivity contribution in [1.82, 2.24) is 0 Å². The number of rotatable bonds is 5. The van der Waals surface area contributed by atoms with Gasteiger partial charge in [-0.25, -0.2) is 0 Å². The van der Waals surface area contributed by atoms with Crippen molar-refractivity contribution in [3.05, 3.63) is 6.42 Å². The summed E-state index contributed by atoms with van der Waals surface area (Å²) in [6.45, 7) is 0.331. The minimum absolute atomic E-state index is 0.331. The molecule has 1 N–H and O–H groups in total. The van der Waals surface area contributed by atoms with Gasteiger partial charge in [-0.1, -0.05) is 22.6 Å². The van der Waals surface area contributed by atoms with E-state index >= 15 is 0 Å². The molecule has 0 aliphatic rings. The number of hydrogen-bond acceptors (Lipinski definition) is 1. The Morgan fingerprint density at radius 2 is 2.12 bits per heavy atom. The van der Waals surface area contributed by atoms with Crippen molar-refractivity contribution >= 4 is 22.6 Å². The van der Waals surface area contributed by atoms with Gasteiger partial charge in [0.15, 0.2) is 0 Å². The number of aliphatic hydroxyl groups excluding tert-OH is 1. The zero-order valence-corrected chi connectivity index (χ0v) is 7.10. The van der Waals surface area contributed by atoms with Gasteiger partial charge in [0.2, 0.25) is 0 Å². The Bertz CT molecular complexity index is 33.5. The van der Waals surface area contributed by atoms with Crippen LogP contribution in [0.25, 0.3) is 0 Å². The lowest BCUT2D eigenvalue weighted by atomic mass is 10.2. The van der Waals surface area contributed by atoms with Crippen molar-refractivity contribution < 1.29 is 5.11 Å². The second-order valence-electron chi connectivity index (χ2n) is 1.63. The SMILES string of the molecule is OCCC[CH]CCI. The Balaban J connectivity index is 2.53. The van der Waals surface area contributed by atoms with E-state index in [1.54, 1.807) is 0 Å². The lowest BCUT2D eigenvalue weighted by molar-refractivity contribution is 0.288. The molecule has 0 saturated carbocycles. The second kappa shape index (κ2) is 7.69. The smallest absolute Gasteiger partial charge is 0.0431 e. The van der Waals surface area contributed by atoms with E-state index < -0.39 is 0 Å². The zero-order valence-electron chi connectivity index (χ0n) is 4.94. The maximum Gasteiger partial charge on any atom is 0.0431 e. The van der Waals surface area contributed by atoms with Gasteiger partial charge in [-0.15, -0.1) is 0 Å². The molecule has 49 valence electrons. The van der Waals surface area contributed by atoms with E-state index in [2.05, 4.69) is 29.0 Å². The van der Waals surface area contributed by atoms with Crippen molar-refractivity contribution in [2.45, 2.75) is 19.3 Å². The molecule has 0 aromatic rings. The quantitative estimate of drug-likeness (QED) is 0.431. The molecule has 0 rings (SSSR count). The van der Waals surface area contributed by atoms with E-state index in [0.717, 1.165) is 12.8 Å². The minimum atomic E-state index is 0.331. The third-order valence-corrected chi connectivity index (χ3v) is 1.50. The van der Waals surface area contributed by atoms with Gasteiger partial charge in [-0.05, 0) is 30.1 Å². The normalized spacial score (nSPS) is 9.75. The molecule has 0 amide bonds. The maximum atomic E-state index is 8.34. The minimum Gasteiger partial charge on any atom is -0.396 e. The monoisotopic (exact) mass is 227 g/mol. The molecule has 0 fully saturated rings. The van der Waals surface area contributed by atoms with Crippen molar-refractivity contribution in [2.24, 2.45) is 0 Å². The van der Waals surface area contributed by atoms with Gasteiger partial charge in [0.1, 0.15) is 0 Å². The molecule has 0 aromatic heterocycles. The summed E-state index contributed by atoms with van der Waals surface area (Å²) in [5, 5.41) is 8.34. The number of hydrogen-bond donors (Lipinski definition) is 1. The van der Waals surface area contributed by atoms with Crippen molar-refractivity contribution in [3.63, 3.8) is 0 Å². The molecule has 8 heavy (non-hydrogen) atoms. The van der Waals surface area contributed by atoms with Crippen molar-refractivity contribution in [3.8, 4) is 0 Å². The van der Waals surface area contributed by atoms with Crippen molar-refractivity contribution in [2.75, 3.05) is 11.0 Å². The Morgan fingerprint density at radius 3 is 2.62 bits per heavy atom.